The van der Waals surface area contributed by atoms with Crippen LogP contribution in [0.15, 0.2) is 23.4 Å². The fourth-order valence-corrected chi connectivity index (χ4v) is 5.14. The smallest absolute Gasteiger partial charge is 0.106 e. The van der Waals surface area contributed by atoms with Crippen molar-refractivity contribution in [1.82, 2.24) is 4.90 Å². The van der Waals surface area contributed by atoms with E-state index in [2.05, 4.69) is 16.1 Å². The number of nitrogens with zero attached hydrogens (tertiary/aromatic N) is 2. The van der Waals surface area contributed by atoms with Crippen LogP contribution in [-0.2, 0) is 4.84 Å². The Hall–Kier alpha value is -0.770. The molecular formula is C17H20Cl2N2O. The number of hydrogen-bond acceptors (Lipinski definition) is 3. The van der Waals surface area contributed by atoms with E-state index >= 15 is 0 Å². The van der Waals surface area contributed by atoms with E-state index < -0.39 is 0 Å². The largest absolute Gasteiger partial charge is 0.399 e. The van der Waals surface area contributed by atoms with Crippen LogP contribution in [0.1, 0.15) is 37.2 Å². The summed E-state index contributed by atoms with van der Waals surface area (Å²) in [6, 6.07) is 7.42. The second-order valence-corrected chi connectivity index (χ2v) is 7.41. The molecule has 3 aliphatic heterocycles. The number of oxime groups is 1. The molecule has 4 rings (SSSR count). The van der Waals surface area contributed by atoms with Gasteiger partial charge < -0.3 is 4.84 Å². The van der Waals surface area contributed by atoms with Crippen LogP contribution in [0, 0.1) is 5.92 Å². The molecule has 4 bridgehead atoms. The van der Waals surface area contributed by atoms with E-state index in [1.54, 1.807) is 7.11 Å². The molecule has 3 saturated heterocycles. The molecule has 5 heteroatoms. The second-order valence-electron chi connectivity index (χ2n) is 6.59. The summed E-state index contributed by atoms with van der Waals surface area (Å²) in [5, 5.41) is 5.64. The van der Waals surface area contributed by atoms with Crippen molar-refractivity contribution in [2.24, 2.45) is 11.1 Å². The summed E-state index contributed by atoms with van der Waals surface area (Å²) in [5.41, 5.74) is 2.52. The molecular weight excluding hydrogens is 319 g/mol. The first-order chi connectivity index (χ1) is 10.7. The van der Waals surface area contributed by atoms with Crippen LogP contribution < -0.4 is 0 Å². The predicted octanol–water partition coefficient (Wildman–Crippen LogP) is 4.34. The summed E-state index contributed by atoms with van der Waals surface area (Å²) < 4.78 is 0. The molecule has 3 aliphatic rings. The van der Waals surface area contributed by atoms with Gasteiger partial charge in [0, 0.05) is 31.0 Å². The third-order valence-corrected chi connectivity index (χ3v) is 6.39. The van der Waals surface area contributed by atoms with Crippen molar-refractivity contribution in [3.63, 3.8) is 0 Å². The molecule has 0 aliphatic carbocycles. The van der Waals surface area contributed by atoms with Crippen molar-refractivity contribution in [3.8, 4) is 0 Å². The Morgan fingerprint density at radius 1 is 1.23 bits per heavy atom. The molecule has 118 valence electrons. The predicted molar refractivity (Wildman–Crippen MR) is 89.9 cm³/mol. The van der Waals surface area contributed by atoms with Gasteiger partial charge in [0.1, 0.15) is 7.11 Å². The Morgan fingerprint density at radius 3 is 2.86 bits per heavy atom. The number of rotatable bonds is 2. The van der Waals surface area contributed by atoms with Crippen LogP contribution in [0.2, 0.25) is 10.0 Å². The lowest BCUT2D eigenvalue weighted by Gasteiger charge is -2.49. The van der Waals surface area contributed by atoms with Gasteiger partial charge in [-0.3, -0.25) is 4.90 Å². The average Bonchev–Trinajstić information content (AvgIpc) is 2.80. The first-order valence-electron chi connectivity index (χ1n) is 7.99. The summed E-state index contributed by atoms with van der Waals surface area (Å²) in [6.45, 7) is 1.13. The summed E-state index contributed by atoms with van der Waals surface area (Å²) in [4.78, 5) is 7.83. The second kappa shape index (κ2) is 5.70. The highest BCUT2D eigenvalue weighted by Gasteiger charge is 2.51. The first kappa shape index (κ1) is 14.8. The highest BCUT2D eigenvalue weighted by atomic mass is 35.5. The van der Waals surface area contributed by atoms with Gasteiger partial charge in [-0.1, -0.05) is 34.4 Å². The first-order valence-corrected chi connectivity index (χ1v) is 8.75. The van der Waals surface area contributed by atoms with Crippen molar-refractivity contribution in [3.05, 3.63) is 33.8 Å². The summed E-state index contributed by atoms with van der Waals surface area (Å²) in [7, 11) is 1.65. The van der Waals surface area contributed by atoms with Crippen LogP contribution in [0.25, 0.3) is 0 Å². The molecule has 3 fully saturated rings. The lowest BCUT2D eigenvalue weighted by atomic mass is 9.71. The van der Waals surface area contributed by atoms with Crippen molar-refractivity contribution >= 4 is 28.9 Å². The van der Waals surface area contributed by atoms with Crippen molar-refractivity contribution < 1.29 is 4.84 Å². The van der Waals surface area contributed by atoms with Gasteiger partial charge in [0.2, 0.25) is 0 Å². The Balaban J connectivity index is 1.74. The van der Waals surface area contributed by atoms with Gasteiger partial charge in [0.25, 0.3) is 0 Å². The maximum absolute atomic E-state index is 6.26. The topological polar surface area (TPSA) is 24.8 Å². The van der Waals surface area contributed by atoms with Crippen LogP contribution in [0.4, 0.5) is 0 Å². The number of hydrogen-bond donors (Lipinski definition) is 0. The zero-order valence-electron chi connectivity index (χ0n) is 12.6. The quantitative estimate of drug-likeness (QED) is 0.749. The highest BCUT2D eigenvalue weighted by Crippen LogP contribution is 2.50. The average molecular weight is 339 g/mol. The van der Waals surface area contributed by atoms with E-state index in [0.29, 0.717) is 34.0 Å². The van der Waals surface area contributed by atoms with Gasteiger partial charge in [-0.25, -0.2) is 0 Å². The summed E-state index contributed by atoms with van der Waals surface area (Å²) in [6.07, 6.45) is 4.78. The molecule has 3 nitrogen and oxygen atoms in total. The van der Waals surface area contributed by atoms with Gasteiger partial charge in [0.05, 0.1) is 15.8 Å². The molecule has 1 aromatic carbocycles. The maximum atomic E-state index is 6.26. The van der Waals surface area contributed by atoms with Crippen LogP contribution in [0.3, 0.4) is 0 Å². The third kappa shape index (κ3) is 2.26. The van der Waals surface area contributed by atoms with Crippen molar-refractivity contribution in [1.29, 1.82) is 0 Å². The van der Waals surface area contributed by atoms with E-state index in [4.69, 9.17) is 28.0 Å². The zero-order valence-corrected chi connectivity index (χ0v) is 14.1. The monoisotopic (exact) mass is 338 g/mol. The molecule has 3 heterocycles. The maximum Gasteiger partial charge on any atom is 0.106 e. The molecule has 0 spiro atoms. The molecule has 0 N–H and O–H groups in total. The number of piperidine rings is 2. The normalized spacial score (nSPS) is 38.3. The zero-order chi connectivity index (χ0) is 15.3. The lowest BCUT2D eigenvalue weighted by Crippen LogP contribution is -2.55. The lowest BCUT2D eigenvalue weighted by molar-refractivity contribution is 0.0829. The van der Waals surface area contributed by atoms with Crippen molar-refractivity contribution in [2.75, 3.05) is 13.7 Å². The molecule has 5 atom stereocenters. The van der Waals surface area contributed by atoms with Crippen LogP contribution >= 0.6 is 23.2 Å². The molecule has 22 heavy (non-hydrogen) atoms. The fraction of sp³-hybridized carbons (Fsp3) is 0.588. The third-order valence-electron chi connectivity index (χ3n) is 5.66. The number of halogens is 2. The molecule has 1 aromatic rings. The molecule has 1 unspecified atom stereocenters. The minimum Gasteiger partial charge on any atom is -0.399 e. The van der Waals surface area contributed by atoms with E-state index in [-0.39, 0.29) is 0 Å². The minimum absolute atomic E-state index is 0.449. The van der Waals surface area contributed by atoms with Crippen LogP contribution in [0.5, 0.6) is 0 Å². The molecule has 0 saturated carbocycles. The molecule has 0 amide bonds. The standard InChI is InChI=1S/C17H20Cl2N2O/c1-22-20-15-6-7-21-11-3-5-16(21)17(15)12(9-11)10-2-4-13(18)14(19)8-10/h2,4,8,11-12,16-17H,3,5-7,9H2,1H3/t11-,12+,16+,17+/m0/s1. The van der Waals surface area contributed by atoms with Crippen LogP contribution in [-0.4, -0.2) is 36.3 Å². The van der Waals surface area contributed by atoms with E-state index in [9.17, 15) is 0 Å². The van der Waals surface area contributed by atoms with Crippen molar-refractivity contribution in [2.45, 2.75) is 43.7 Å². The highest BCUT2D eigenvalue weighted by molar-refractivity contribution is 6.42. The summed E-state index contributed by atoms with van der Waals surface area (Å²) >= 11 is 12.3. The Morgan fingerprint density at radius 2 is 2.09 bits per heavy atom. The molecule has 0 radical (unpaired) electrons. The Labute approximate surface area is 141 Å². The summed E-state index contributed by atoms with van der Waals surface area (Å²) in [5.74, 6) is 0.919. The van der Waals surface area contributed by atoms with E-state index in [1.165, 1.54) is 30.5 Å². The SMILES string of the molecule is CON=C1CCN2[C@H]3CC[C@@H]2[C@@H]1[C@@H](c1ccc(Cl)c(Cl)c1)C3. The Kier molecular flexibility index (Phi) is 3.83. The Bertz CT molecular complexity index is 619. The van der Waals surface area contributed by atoms with Gasteiger partial charge in [0.15, 0.2) is 0 Å². The fourth-order valence-electron chi connectivity index (χ4n) is 4.84. The van der Waals surface area contributed by atoms with Gasteiger partial charge in [-0.15, -0.1) is 0 Å². The number of benzene rings is 1. The van der Waals surface area contributed by atoms with Gasteiger partial charge in [-0.2, -0.15) is 0 Å². The van der Waals surface area contributed by atoms with E-state index in [0.717, 1.165) is 13.0 Å². The minimum atomic E-state index is 0.449. The van der Waals surface area contributed by atoms with E-state index in [1.807, 2.05) is 12.1 Å². The van der Waals surface area contributed by atoms with Gasteiger partial charge in [-0.05, 0) is 42.9 Å². The van der Waals surface area contributed by atoms with Gasteiger partial charge >= 0.3 is 0 Å². The molecule has 0 aromatic heterocycles.